The molecule has 122 valence electrons. The van der Waals surface area contributed by atoms with Crippen LogP contribution >= 0.6 is 34.2 Å². The van der Waals surface area contributed by atoms with Gasteiger partial charge < -0.3 is 10.1 Å². The monoisotopic (exact) mass is 444 g/mol. The molecule has 0 fully saturated rings. The molecule has 1 heterocycles. The molecule has 1 aromatic carbocycles. The van der Waals surface area contributed by atoms with Crippen molar-refractivity contribution in [1.29, 1.82) is 0 Å². The zero-order chi connectivity index (χ0) is 16.7. The van der Waals surface area contributed by atoms with E-state index in [0.717, 1.165) is 22.0 Å². The van der Waals surface area contributed by atoms with Crippen LogP contribution in [-0.4, -0.2) is 17.5 Å². The van der Waals surface area contributed by atoms with Gasteiger partial charge in [0, 0.05) is 26.9 Å². The Morgan fingerprint density at radius 3 is 3.00 bits per heavy atom. The molecule has 6 heteroatoms. The number of benzene rings is 1. The largest absolute Gasteiger partial charge is 0.477 e. The Bertz CT molecular complexity index is 679. The summed E-state index contributed by atoms with van der Waals surface area (Å²) in [7, 11) is 0. The van der Waals surface area contributed by atoms with Crippen LogP contribution in [0.2, 0.25) is 5.02 Å². The summed E-state index contributed by atoms with van der Waals surface area (Å²) in [4.78, 5) is 16.6. The SMILES string of the molecule is CCCCOc1ncccc1CNC(=O)c1cc(Cl)ccc1I. The summed E-state index contributed by atoms with van der Waals surface area (Å²) < 4.78 is 6.53. The second-order valence-electron chi connectivity index (χ2n) is 4.98. The number of hydrogen-bond acceptors (Lipinski definition) is 3. The van der Waals surface area contributed by atoms with E-state index in [4.69, 9.17) is 16.3 Å². The summed E-state index contributed by atoms with van der Waals surface area (Å²) in [6.45, 7) is 3.09. The minimum Gasteiger partial charge on any atom is -0.477 e. The van der Waals surface area contributed by atoms with Crippen LogP contribution in [-0.2, 0) is 6.54 Å². The standard InChI is InChI=1S/C17H18ClIN2O2/c1-2-3-9-23-17-12(5-4-8-20-17)11-21-16(22)14-10-13(18)6-7-15(14)19/h4-8,10H,2-3,9,11H2,1H3,(H,21,22). The maximum absolute atomic E-state index is 12.3. The average Bonchev–Trinajstić information content (AvgIpc) is 2.56. The maximum Gasteiger partial charge on any atom is 0.252 e. The lowest BCUT2D eigenvalue weighted by molar-refractivity contribution is 0.0949. The third-order valence-corrected chi connectivity index (χ3v) is 4.37. The van der Waals surface area contributed by atoms with E-state index >= 15 is 0 Å². The highest BCUT2D eigenvalue weighted by Crippen LogP contribution is 2.19. The van der Waals surface area contributed by atoms with Gasteiger partial charge in [-0.2, -0.15) is 0 Å². The molecule has 0 aliphatic carbocycles. The summed E-state index contributed by atoms with van der Waals surface area (Å²) in [5.74, 6) is 0.405. The number of aromatic nitrogens is 1. The van der Waals surface area contributed by atoms with Crippen molar-refractivity contribution < 1.29 is 9.53 Å². The first-order valence-electron chi connectivity index (χ1n) is 7.41. The first-order chi connectivity index (χ1) is 11.1. The number of halogens is 2. The molecule has 1 aromatic heterocycles. The molecule has 0 unspecified atom stereocenters. The fraction of sp³-hybridized carbons (Fsp3) is 0.294. The van der Waals surface area contributed by atoms with E-state index in [9.17, 15) is 4.79 Å². The van der Waals surface area contributed by atoms with Crippen LogP contribution in [0.1, 0.15) is 35.7 Å². The van der Waals surface area contributed by atoms with Gasteiger partial charge in [0.05, 0.1) is 12.2 Å². The minimum absolute atomic E-state index is 0.166. The molecule has 0 saturated carbocycles. The van der Waals surface area contributed by atoms with Gasteiger partial charge in [-0.15, -0.1) is 0 Å². The van der Waals surface area contributed by atoms with Crippen LogP contribution in [0.3, 0.4) is 0 Å². The van der Waals surface area contributed by atoms with Gasteiger partial charge >= 0.3 is 0 Å². The van der Waals surface area contributed by atoms with Gasteiger partial charge in [-0.1, -0.05) is 31.0 Å². The van der Waals surface area contributed by atoms with Crippen molar-refractivity contribution in [2.75, 3.05) is 6.61 Å². The number of nitrogens with zero attached hydrogens (tertiary/aromatic N) is 1. The van der Waals surface area contributed by atoms with E-state index < -0.39 is 0 Å². The van der Waals surface area contributed by atoms with Gasteiger partial charge in [0.25, 0.3) is 5.91 Å². The maximum atomic E-state index is 12.3. The molecular formula is C17H18ClIN2O2. The van der Waals surface area contributed by atoms with Crippen LogP contribution in [0.5, 0.6) is 5.88 Å². The van der Waals surface area contributed by atoms with Crippen molar-refractivity contribution in [3.63, 3.8) is 0 Å². The van der Waals surface area contributed by atoms with Crippen LogP contribution in [0.15, 0.2) is 36.5 Å². The quantitative estimate of drug-likeness (QED) is 0.507. The van der Waals surface area contributed by atoms with Gasteiger partial charge in [0.1, 0.15) is 0 Å². The molecule has 1 amide bonds. The van der Waals surface area contributed by atoms with Gasteiger partial charge in [-0.3, -0.25) is 4.79 Å². The minimum atomic E-state index is -0.166. The predicted octanol–water partition coefficient (Wildman–Crippen LogP) is 4.45. The van der Waals surface area contributed by atoms with E-state index in [-0.39, 0.29) is 5.91 Å². The summed E-state index contributed by atoms with van der Waals surface area (Å²) in [6, 6.07) is 8.98. The number of carbonyl (C=O) groups excluding carboxylic acids is 1. The molecule has 0 saturated heterocycles. The number of ether oxygens (including phenoxy) is 1. The highest BCUT2D eigenvalue weighted by atomic mass is 127. The van der Waals surface area contributed by atoms with E-state index in [1.54, 1.807) is 18.3 Å². The van der Waals surface area contributed by atoms with Crippen molar-refractivity contribution in [2.24, 2.45) is 0 Å². The number of unbranched alkanes of at least 4 members (excludes halogenated alkanes) is 1. The number of carbonyl (C=O) groups is 1. The zero-order valence-corrected chi connectivity index (χ0v) is 15.7. The molecule has 2 aromatic rings. The van der Waals surface area contributed by atoms with Gasteiger partial charge in [0.15, 0.2) is 0 Å². The summed E-state index contributed by atoms with van der Waals surface area (Å²) >= 11 is 8.08. The van der Waals surface area contributed by atoms with Crippen molar-refractivity contribution in [3.8, 4) is 5.88 Å². The lowest BCUT2D eigenvalue weighted by Crippen LogP contribution is -2.24. The number of pyridine rings is 1. The smallest absolute Gasteiger partial charge is 0.252 e. The Labute approximate surface area is 154 Å². The van der Waals surface area contributed by atoms with Crippen molar-refractivity contribution in [3.05, 3.63) is 56.2 Å². The Morgan fingerprint density at radius 2 is 2.22 bits per heavy atom. The van der Waals surface area contributed by atoms with E-state index in [2.05, 4.69) is 39.8 Å². The number of nitrogens with one attached hydrogen (secondary N) is 1. The van der Waals surface area contributed by atoms with Crippen LogP contribution in [0.25, 0.3) is 0 Å². The van der Waals surface area contributed by atoms with Crippen LogP contribution in [0, 0.1) is 3.57 Å². The third kappa shape index (κ3) is 5.35. The van der Waals surface area contributed by atoms with Crippen LogP contribution < -0.4 is 10.1 Å². The molecule has 0 aliphatic rings. The lowest BCUT2D eigenvalue weighted by atomic mass is 10.2. The highest BCUT2D eigenvalue weighted by molar-refractivity contribution is 14.1. The molecule has 2 rings (SSSR count). The summed E-state index contributed by atoms with van der Waals surface area (Å²) in [5, 5.41) is 3.43. The molecule has 23 heavy (non-hydrogen) atoms. The number of amides is 1. The van der Waals surface area contributed by atoms with Crippen molar-refractivity contribution >= 4 is 40.1 Å². The van der Waals surface area contributed by atoms with Crippen molar-refractivity contribution in [2.45, 2.75) is 26.3 Å². The number of hydrogen-bond donors (Lipinski definition) is 1. The highest BCUT2D eigenvalue weighted by Gasteiger charge is 2.12. The molecule has 0 aliphatic heterocycles. The second-order valence-corrected chi connectivity index (χ2v) is 6.58. The molecule has 1 N–H and O–H groups in total. The second kappa shape index (κ2) is 9.08. The van der Waals surface area contributed by atoms with Gasteiger partial charge in [0.2, 0.25) is 5.88 Å². The Hall–Kier alpha value is -1.34. The zero-order valence-electron chi connectivity index (χ0n) is 12.8. The first-order valence-corrected chi connectivity index (χ1v) is 8.87. The molecule has 0 spiro atoms. The third-order valence-electron chi connectivity index (χ3n) is 3.20. The topological polar surface area (TPSA) is 51.2 Å². The predicted molar refractivity (Wildman–Crippen MR) is 100.0 cm³/mol. The average molecular weight is 445 g/mol. The summed E-state index contributed by atoms with van der Waals surface area (Å²) in [6.07, 6.45) is 3.72. The number of rotatable bonds is 7. The normalized spacial score (nSPS) is 10.4. The van der Waals surface area contributed by atoms with E-state index in [1.807, 2.05) is 18.2 Å². The van der Waals surface area contributed by atoms with E-state index in [0.29, 0.717) is 29.6 Å². The van der Waals surface area contributed by atoms with Crippen LogP contribution in [0.4, 0.5) is 0 Å². The fourth-order valence-electron chi connectivity index (χ4n) is 1.94. The Morgan fingerprint density at radius 1 is 1.39 bits per heavy atom. The molecule has 0 bridgehead atoms. The van der Waals surface area contributed by atoms with Crippen molar-refractivity contribution in [1.82, 2.24) is 10.3 Å². The molecule has 0 atom stereocenters. The first kappa shape index (κ1) is 18.0. The van der Waals surface area contributed by atoms with E-state index in [1.165, 1.54) is 0 Å². The van der Waals surface area contributed by atoms with Gasteiger partial charge in [-0.05, 0) is 53.3 Å². The molecule has 0 radical (unpaired) electrons. The molecular weight excluding hydrogens is 427 g/mol. The summed E-state index contributed by atoms with van der Waals surface area (Å²) in [5.41, 5.74) is 1.42. The fourth-order valence-corrected chi connectivity index (χ4v) is 2.70. The Kier molecular flexibility index (Phi) is 7.11. The lowest BCUT2D eigenvalue weighted by Gasteiger charge is -2.11. The molecule has 4 nitrogen and oxygen atoms in total. The Balaban J connectivity index is 2.03. The van der Waals surface area contributed by atoms with Gasteiger partial charge in [-0.25, -0.2) is 4.98 Å².